The average Bonchev–Trinajstić information content (AvgIpc) is 3.24. The van der Waals surface area contributed by atoms with E-state index in [9.17, 15) is 4.79 Å². The SMILES string of the molecule is Cc1cc(C)nc(Nc2cc([C@@H]3CCCCN3C(=O)/C=C/c3cnc[nH]3)nc(C)n2)n1. The maximum Gasteiger partial charge on any atom is 0.247 e. The number of aryl methyl sites for hydroxylation is 3. The molecule has 1 atom stereocenters. The van der Waals surface area contributed by atoms with Crippen LogP contribution in [0, 0.1) is 20.8 Å². The van der Waals surface area contributed by atoms with Gasteiger partial charge in [-0.3, -0.25) is 4.79 Å². The molecule has 2 N–H and O–H groups in total. The van der Waals surface area contributed by atoms with Gasteiger partial charge in [-0.2, -0.15) is 0 Å². The predicted octanol–water partition coefficient (Wildman–Crippen LogP) is 3.43. The minimum Gasteiger partial charge on any atom is -0.345 e. The summed E-state index contributed by atoms with van der Waals surface area (Å²) in [5, 5.41) is 3.19. The molecule has 0 aromatic carbocycles. The Bertz CT molecular complexity index is 1070. The van der Waals surface area contributed by atoms with Gasteiger partial charge < -0.3 is 15.2 Å². The van der Waals surface area contributed by atoms with Gasteiger partial charge in [-0.1, -0.05) is 0 Å². The second-order valence-corrected chi connectivity index (χ2v) is 7.71. The summed E-state index contributed by atoms with van der Waals surface area (Å²) in [4.78, 5) is 39.8. The van der Waals surface area contributed by atoms with Gasteiger partial charge in [0.1, 0.15) is 11.6 Å². The lowest BCUT2D eigenvalue weighted by atomic mass is 9.98. The van der Waals surface area contributed by atoms with Crippen molar-refractivity contribution in [1.29, 1.82) is 0 Å². The minimum absolute atomic E-state index is 0.0392. The van der Waals surface area contributed by atoms with Crippen LogP contribution >= 0.6 is 0 Å². The molecule has 3 aromatic heterocycles. The molecule has 9 nitrogen and oxygen atoms in total. The molecular formula is C22H26N8O. The zero-order chi connectivity index (χ0) is 21.8. The van der Waals surface area contributed by atoms with Crippen LogP contribution in [-0.2, 0) is 4.79 Å². The van der Waals surface area contributed by atoms with Gasteiger partial charge >= 0.3 is 0 Å². The van der Waals surface area contributed by atoms with Crippen molar-refractivity contribution >= 4 is 23.7 Å². The van der Waals surface area contributed by atoms with Gasteiger partial charge in [0.2, 0.25) is 11.9 Å². The van der Waals surface area contributed by atoms with Crippen molar-refractivity contribution in [3.8, 4) is 0 Å². The van der Waals surface area contributed by atoms with Crippen LogP contribution in [0.3, 0.4) is 0 Å². The Morgan fingerprint density at radius 1 is 1.13 bits per heavy atom. The van der Waals surface area contributed by atoms with Gasteiger partial charge in [0.05, 0.1) is 30.0 Å². The molecule has 0 radical (unpaired) electrons. The number of rotatable bonds is 5. The van der Waals surface area contributed by atoms with E-state index in [0.717, 1.165) is 42.0 Å². The van der Waals surface area contributed by atoms with E-state index in [4.69, 9.17) is 0 Å². The van der Waals surface area contributed by atoms with E-state index >= 15 is 0 Å². The fourth-order valence-electron chi connectivity index (χ4n) is 3.84. The van der Waals surface area contributed by atoms with E-state index in [0.29, 0.717) is 24.1 Å². The Morgan fingerprint density at radius 2 is 1.94 bits per heavy atom. The molecule has 1 saturated heterocycles. The number of hydrogen-bond acceptors (Lipinski definition) is 7. The molecule has 0 bridgehead atoms. The first-order chi connectivity index (χ1) is 15.0. The number of aromatic amines is 1. The van der Waals surface area contributed by atoms with Crippen LogP contribution in [0.25, 0.3) is 6.08 Å². The van der Waals surface area contributed by atoms with Crippen LogP contribution in [-0.4, -0.2) is 47.3 Å². The van der Waals surface area contributed by atoms with Crippen molar-refractivity contribution < 1.29 is 4.79 Å². The molecule has 4 rings (SSSR count). The summed E-state index contributed by atoms with van der Waals surface area (Å²) in [5.41, 5.74) is 3.38. The zero-order valence-electron chi connectivity index (χ0n) is 18.0. The first-order valence-electron chi connectivity index (χ1n) is 10.4. The van der Waals surface area contributed by atoms with Gasteiger partial charge in [-0.25, -0.2) is 24.9 Å². The standard InChI is InChI=1S/C22H26N8O/c1-14-10-15(2)26-22(25-14)29-20-11-18(27-16(3)28-20)19-6-4-5-9-30(19)21(31)8-7-17-12-23-13-24-17/h7-8,10-13,19H,4-6,9H2,1-3H3,(H,23,24)(H,25,26,27,28,29)/b8-7+/t19-/m0/s1. The van der Waals surface area contributed by atoms with E-state index in [1.165, 1.54) is 0 Å². The molecule has 0 spiro atoms. The monoisotopic (exact) mass is 418 g/mol. The number of nitrogens with one attached hydrogen (secondary N) is 2. The third-order valence-corrected chi connectivity index (χ3v) is 5.13. The first-order valence-corrected chi connectivity index (χ1v) is 10.4. The number of H-pyrrole nitrogens is 1. The molecule has 4 heterocycles. The average molecular weight is 419 g/mol. The Hall–Kier alpha value is -3.62. The van der Waals surface area contributed by atoms with E-state index < -0.39 is 0 Å². The molecule has 160 valence electrons. The Morgan fingerprint density at radius 3 is 2.68 bits per heavy atom. The van der Waals surface area contributed by atoms with Gasteiger partial charge in [-0.05, 0) is 52.2 Å². The van der Waals surface area contributed by atoms with Crippen LogP contribution in [0.1, 0.15) is 53.9 Å². The van der Waals surface area contributed by atoms with E-state index in [-0.39, 0.29) is 11.9 Å². The summed E-state index contributed by atoms with van der Waals surface area (Å²) in [5.74, 6) is 1.72. The fraction of sp³-hybridized carbons (Fsp3) is 0.364. The first kappa shape index (κ1) is 20.6. The number of piperidine rings is 1. The van der Waals surface area contributed by atoms with E-state index in [1.54, 1.807) is 24.7 Å². The van der Waals surface area contributed by atoms with Gasteiger partial charge in [0.15, 0.2) is 0 Å². The summed E-state index contributed by atoms with van der Waals surface area (Å²) in [6.45, 7) is 6.41. The molecule has 1 amide bonds. The number of carbonyl (C=O) groups excluding carboxylic acids is 1. The molecule has 1 fully saturated rings. The van der Waals surface area contributed by atoms with Crippen LogP contribution in [0.15, 0.2) is 30.7 Å². The van der Waals surface area contributed by atoms with Gasteiger partial charge in [-0.15, -0.1) is 0 Å². The van der Waals surface area contributed by atoms with Crippen molar-refractivity contribution in [2.75, 3.05) is 11.9 Å². The van der Waals surface area contributed by atoms with Crippen molar-refractivity contribution in [3.63, 3.8) is 0 Å². The number of imidazole rings is 1. The van der Waals surface area contributed by atoms with E-state index in [1.807, 2.05) is 37.8 Å². The zero-order valence-corrected chi connectivity index (χ0v) is 18.0. The Labute approximate surface area is 181 Å². The summed E-state index contributed by atoms with van der Waals surface area (Å²) in [7, 11) is 0. The maximum atomic E-state index is 12.9. The van der Waals surface area contributed by atoms with Crippen LogP contribution in [0.5, 0.6) is 0 Å². The third kappa shape index (κ3) is 5.11. The number of nitrogens with zero attached hydrogens (tertiary/aromatic N) is 6. The van der Waals surface area contributed by atoms with Crippen molar-refractivity contribution in [3.05, 3.63) is 59.3 Å². The Balaban J connectivity index is 1.58. The topological polar surface area (TPSA) is 113 Å². The van der Waals surface area contributed by atoms with E-state index in [2.05, 4.69) is 35.2 Å². The van der Waals surface area contributed by atoms with Crippen LogP contribution in [0.4, 0.5) is 11.8 Å². The molecule has 1 aliphatic heterocycles. The number of carbonyl (C=O) groups is 1. The smallest absolute Gasteiger partial charge is 0.247 e. The highest BCUT2D eigenvalue weighted by Crippen LogP contribution is 2.31. The summed E-state index contributed by atoms with van der Waals surface area (Å²) < 4.78 is 0. The summed E-state index contributed by atoms with van der Waals surface area (Å²) in [6, 6.07) is 3.71. The van der Waals surface area contributed by atoms with Gasteiger partial charge in [0.25, 0.3) is 0 Å². The molecule has 3 aromatic rings. The number of aromatic nitrogens is 6. The fourth-order valence-corrected chi connectivity index (χ4v) is 3.84. The molecule has 31 heavy (non-hydrogen) atoms. The lowest BCUT2D eigenvalue weighted by Crippen LogP contribution is -2.38. The van der Waals surface area contributed by atoms with Gasteiger partial charge in [0, 0.05) is 30.1 Å². The lowest BCUT2D eigenvalue weighted by Gasteiger charge is -2.35. The van der Waals surface area contributed by atoms with Crippen LogP contribution in [0.2, 0.25) is 0 Å². The highest BCUT2D eigenvalue weighted by atomic mass is 16.2. The van der Waals surface area contributed by atoms with Crippen molar-refractivity contribution in [2.45, 2.75) is 46.1 Å². The second kappa shape index (κ2) is 9.03. The Kier molecular flexibility index (Phi) is 6.01. The van der Waals surface area contributed by atoms with Crippen molar-refractivity contribution in [1.82, 2.24) is 34.8 Å². The molecule has 1 aliphatic rings. The molecule has 0 aliphatic carbocycles. The summed E-state index contributed by atoms with van der Waals surface area (Å²) >= 11 is 0. The highest BCUT2D eigenvalue weighted by molar-refractivity contribution is 5.91. The highest BCUT2D eigenvalue weighted by Gasteiger charge is 2.28. The third-order valence-electron chi connectivity index (χ3n) is 5.13. The normalized spacial score (nSPS) is 16.6. The number of hydrogen-bond donors (Lipinski definition) is 2. The summed E-state index contributed by atoms with van der Waals surface area (Å²) in [6.07, 6.45) is 9.48. The molecule has 0 unspecified atom stereocenters. The quantitative estimate of drug-likeness (QED) is 0.610. The predicted molar refractivity (Wildman–Crippen MR) is 117 cm³/mol. The number of anilines is 2. The molecular weight excluding hydrogens is 392 g/mol. The second-order valence-electron chi connectivity index (χ2n) is 7.71. The molecule has 0 saturated carbocycles. The number of likely N-dealkylation sites (tertiary alicyclic amines) is 1. The largest absolute Gasteiger partial charge is 0.345 e. The van der Waals surface area contributed by atoms with Crippen LogP contribution < -0.4 is 5.32 Å². The van der Waals surface area contributed by atoms with Crippen molar-refractivity contribution in [2.24, 2.45) is 0 Å². The number of amides is 1. The minimum atomic E-state index is -0.102. The maximum absolute atomic E-state index is 12.9. The lowest BCUT2D eigenvalue weighted by molar-refractivity contribution is -0.129. The molecule has 9 heteroatoms.